The Morgan fingerprint density at radius 1 is 1.24 bits per heavy atom. The summed E-state index contributed by atoms with van der Waals surface area (Å²) in [6, 6.07) is 3.96. The van der Waals surface area contributed by atoms with E-state index in [1.807, 2.05) is 30.7 Å². The van der Waals surface area contributed by atoms with Crippen LogP contribution >= 0.6 is 0 Å². The minimum atomic E-state index is -3.17. The van der Waals surface area contributed by atoms with Crippen molar-refractivity contribution in [2.24, 2.45) is 0 Å². The first-order chi connectivity index (χ1) is 14.0. The highest BCUT2D eigenvalue weighted by Crippen LogP contribution is 2.38. The van der Waals surface area contributed by atoms with Gasteiger partial charge < -0.3 is 14.4 Å². The molecule has 1 aliphatic heterocycles. The molecule has 2 fully saturated rings. The fraction of sp³-hybridized carbons (Fsp3) is 0.450. The van der Waals surface area contributed by atoms with Gasteiger partial charge in [-0.2, -0.15) is 0 Å². The quantitative estimate of drug-likeness (QED) is 0.655. The normalized spacial score (nSPS) is 20.0. The third-order valence-electron chi connectivity index (χ3n) is 6.20. The summed E-state index contributed by atoms with van der Waals surface area (Å²) >= 11 is 0. The average molecular weight is 411 g/mol. The average Bonchev–Trinajstić information content (AvgIpc) is 3.28. The van der Waals surface area contributed by atoms with Gasteiger partial charge in [0, 0.05) is 42.6 Å². The van der Waals surface area contributed by atoms with Crippen LogP contribution in [0.15, 0.2) is 37.1 Å². The predicted molar refractivity (Wildman–Crippen MR) is 110 cm³/mol. The number of piperidine rings is 1. The number of fused-ring (bicyclic) bond motifs is 1. The highest BCUT2D eigenvalue weighted by Gasteiger charge is 2.46. The van der Waals surface area contributed by atoms with Gasteiger partial charge in [0.1, 0.15) is 17.5 Å². The van der Waals surface area contributed by atoms with Crippen LogP contribution in [-0.2, 0) is 15.6 Å². The van der Waals surface area contributed by atoms with E-state index in [1.165, 1.54) is 0 Å². The molecule has 9 heteroatoms. The van der Waals surface area contributed by atoms with Gasteiger partial charge in [-0.05, 0) is 37.8 Å². The van der Waals surface area contributed by atoms with E-state index in [4.69, 9.17) is 6.57 Å². The molecule has 1 aliphatic carbocycles. The monoisotopic (exact) mass is 410 g/mol. The van der Waals surface area contributed by atoms with Crippen LogP contribution in [0.5, 0.6) is 0 Å². The number of aromatic nitrogens is 4. The number of nitrogens with one attached hydrogen (secondary N) is 1. The smallest absolute Gasteiger partial charge is 0.237 e. The molecule has 0 unspecified atom stereocenters. The van der Waals surface area contributed by atoms with E-state index in [0.29, 0.717) is 32.5 Å². The van der Waals surface area contributed by atoms with Gasteiger partial charge in [-0.15, -0.1) is 0 Å². The molecule has 0 aromatic carbocycles. The lowest BCUT2D eigenvalue weighted by Crippen LogP contribution is -2.49. The van der Waals surface area contributed by atoms with E-state index in [1.54, 1.807) is 10.6 Å². The van der Waals surface area contributed by atoms with Crippen molar-refractivity contribution in [3.8, 4) is 11.3 Å². The van der Waals surface area contributed by atoms with Crippen molar-refractivity contribution < 1.29 is 8.42 Å². The van der Waals surface area contributed by atoms with Gasteiger partial charge in [0.15, 0.2) is 0 Å². The lowest BCUT2D eigenvalue weighted by molar-refractivity contribution is 0.175. The maximum absolute atomic E-state index is 12.6. The summed E-state index contributed by atoms with van der Waals surface area (Å²) in [4.78, 5) is 15.5. The zero-order valence-corrected chi connectivity index (χ0v) is 16.8. The van der Waals surface area contributed by atoms with E-state index < -0.39 is 10.0 Å². The Hall–Kier alpha value is -2.70. The molecule has 0 atom stereocenters. The second-order valence-electron chi connectivity index (χ2n) is 7.95. The Kier molecular flexibility index (Phi) is 4.22. The van der Waals surface area contributed by atoms with Gasteiger partial charge in [0.05, 0.1) is 10.9 Å². The highest BCUT2D eigenvalue weighted by molar-refractivity contribution is 7.90. The van der Waals surface area contributed by atoms with Gasteiger partial charge in [0.2, 0.25) is 16.6 Å². The van der Waals surface area contributed by atoms with E-state index in [0.717, 1.165) is 35.1 Å². The molecular formula is C20H22N6O2S. The van der Waals surface area contributed by atoms with Crippen molar-refractivity contribution in [3.05, 3.63) is 48.5 Å². The molecule has 8 nitrogen and oxygen atoms in total. The molecule has 3 aromatic rings. The summed E-state index contributed by atoms with van der Waals surface area (Å²) in [5, 5.41) is 0.769. The van der Waals surface area contributed by atoms with E-state index in [9.17, 15) is 8.42 Å². The van der Waals surface area contributed by atoms with Crippen LogP contribution in [0.1, 0.15) is 25.7 Å². The molecule has 0 bridgehead atoms. The number of hydrogen-bond acceptors (Lipinski definition) is 4. The minimum Gasteiger partial charge on any atom is -0.346 e. The Morgan fingerprint density at radius 2 is 2.03 bits per heavy atom. The van der Waals surface area contributed by atoms with Gasteiger partial charge in [0.25, 0.3) is 0 Å². The van der Waals surface area contributed by atoms with Gasteiger partial charge in [-0.1, -0.05) is 0 Å². The summed E-state index contributed by atoms with van der Waals surface area (Å²) in [6.07, 6.45) is 10.2. The maximum atomic E-state index is 12.6. The topological polar surface area (TPSA) is 88.2 Å². The lowest BCUT2D eigenvalue weighted by atomic mass is 9.88. The summed E-state index contributed by atoms with van der Waals surface area (Å²) in [7, 11) is -3.17. The Balaban J connectivity index is 1.44. The first-order valence-corrected chi connectivity index (χ1v) is 11.3. The maximum Gasteiger partial charge on any atom is 0.237 e. The number of rotatable bonds is 5. The molecule has 1 saturated heterocycles. The van der Waals surface area contributed by atoms with Crippen molar-refractivity contribution >= 4 is 21.1 Å². The molecule has 4 heterocycles. The molecule has 3 aromatic heterocycles. The van der Waals surface area contributed by atoms with Gasteiger partial charge in [-0.25, -0.2) is 29.3 Å². The summed E-state index contributed by atoms with van der Waals surface area (Å²) in [6.45, 7) is 8.75. The van der Waals surface area contributed by atoms with Crippen LogP contribution in [0.25, 0.3) is 27.1 Å². The second-order valence-corrected chi connectivity index (χ2v) is 10.2. The fourth-order valence-corrected chi connectivity index (χ4v) is 6.16. The third kappa shape index (κ3) is 3.03. The van der Waals surface area contributed by atoms with Crippen molar-refractivity contribution in [1.82, 2.24) is 23.8 Å². The lowest BCUT2D eigenvalue weighted by Gasteiger charge is -2.39. The number of hydrogen-bond donors (Lipinski definition) is 1. The first kappa shape index (κ1) is 18.3. The van der Waals surface area contributed by atoms with E-state index in [-0.39, 0.29) is 10.8 Å². The number of nitrogens with zero attached hydrogens (tertiary/aromatic N) is 5. The largest absolute Gasteiger partial charge is 0.346 e. The summed E-state index contributed by atoms with van der Waals surface area (Å²) < 4.78 is 28.9. The molecular weight excluding hydrogens is 388 g/mol. The van der Waals surface area contributed by atoms with Crippen molar-refractivity contribution in [2.75, 3.05) is 19.6 Å². The van der Waals surface area contributed by atoms with Gasteiger partial charge >= 0.3 is 0 Å². The highest BCUT2D eigenvalue weighted by atomic mass is 32.2. The zero-order valence-electron chi connectivity index (χ0n) is 16.0. The number of H-pyrrole nitrogens is 1. The molecule has 0 spiro atoms. The van der Waals surface area contributed by atoms with Crippen molar-refractivity contribution in [3.63, 3.8) is 0 Å². The minimum absolute atomic E-state index is 0.185. The SMILES string of the molecule is [C-]#[N+]CC1(n2ccc(-c3ncnc4[nH]ccc34)c2)CCN(S(=O)(=O)C2CC2)CC1. The third-order valence-corrected chi connectivity index (χ3v) is 8.60. The first-order valence-electron chi connectivity index (χ1n) is 9.83. The molecule has 29 heavy (non-hydrogen) atoms. The van der Waals surface area contributed by atoms with Crippen molar-refractivity contribution in [2.45, 2.75) is 36.5 Å². The van der Waals surface area contributed by atoms with Crippen LogP contribution < -0.4 is 0 Å². The zero-order chi connectivity index (χ0) is 20.1. The number of sulfonamides is 1. The van der Waals surface area contributed by atoms with Crippen LogP contribution in [0, 0.1) is 6.57 Å². The second kappa shape index (κ2) is 6.68. The Labute approximate surface area is 169 Å². The summed E-state index contributed by atoms with van der Waals surface area (Å²) in [5.74, 6) is 0. The van der Waals surface area contributed by atoms with Gasteiger partial charge in [-0.3, -0.25) is 0 Å². The fourth-order valence-electron chi connectivity index (χ4n) is 4.31. The Bertz CT molecular complexity index is 1190. The van der Waals surface area contributed by atoms with Crippen LogP contribution in [0.3, 0.4) is 0 Å². The molecule has 0 radical (unpaired) electrons. The molecule has 1 saturated carbocycles. The Morgan fingerprint density at radius 3 is 2.76 bits per heavy atom. The predicted octanol–water partition coefficient (Wildman–Crippen LogP) is 2.63. The van der Waals surface area contributed by atoms with E-state index in [2.05, 4.69) is 24.4 Å². The molecule has 1 N–H and O–H groups in total. The standard InChI is InChI=1S/C20H22N6O2S/c1-21-13-20(6-10-26(11-7-20)29(27,28)16-2-3-16)25-9-5-15(12-25)18-17-4-8-22-19(17)24-14-23-18/h4-5,8-9,12,14,16H,2-3,6-7,10-11,13H2,(H,22,23,24). The molecule has 150 valence electrons. The molecule has 5 rings (SSSR count). The molecule has 0 amide bonds. The van der Waals surface area contributed by atoms with Crippen LogP contribution in [-0.4, -0.2) is 57.1 Å². The number of aromatic amines is 1. The van der Waals surface area contributed by atoms with E-state index >= 15 is 0 Å². The summed E-state index contributed by atoms with van der Waals surface area (Å²) in [5.41, 5.74) is 2.22. The molecule has 2 aliphatic rings. The van der Waals surface area contributed by atoms with Crippen molar-refractivity contribution in [1.29, 1.82) is 0 Å². The van der Waals surface area contributed by atoms with Crippen LogP contribution in [0.4, 0.5) is 0 Å². The van der Waals surface area contributed by atoms with Crippen LogP contribution in [0.2, 0.25) is 0 Å².